The molecule has 2 aromatic carbocycles. The van der Waals surface area contributed by atoms with Crippen LogP contribution in [0.25, 0.3) is 16.9 Å². The van der Waals surface area contributed by atoms with Crippen LogP contribution in [0.1, 0.15) is 23.3 Å². The summed E-state index contributed by atoms with van der Waals surface area (Å²) >= 11 is 1.65. The first-order valence-corrected chi connectivity index (χ1v) is 9.56. The maximum absolute atomic E-state index is 9.08. The SMILES string of the molecule is CC(Sc1nncn1C)c1cccc(-n2cc(-c3cccc(C#N)c3)nn2)c1. The Morgan fingerprint density at radius 1 is 1.11 bits per heavy atom. The highest BCUT2D eigenvalue weighted by atomic mass is 32.2. The van der Waals surface area contributed by atoms with Crippen molar-refractivity contribution in [3.05, 3.63) is 72.2 Å². The largest absolute Gasteiger partial charge is 0.312 e. The standard InChI is InChI=1S/C20H17N7S/c1-14(28-20-24-22-13-26(20)2)16-6-4-8-18(10-16)27-12-19(23-25-27)17-7-3-5-15(9-17)11-21/h3-10,12-14H,1-2H3. The van der Waals surface area contributed by atoms with Crippen molar-refractivity contribution in [2.45, 2.75) is 17.3 Å². The highest BCUT2D eigenvalue weighted by molar-refractivity contribution is 7.99. The van der Waals surface area contributed by atoms with Crippen molar-refractivity contribution in [3.63, 3.8) is 0 Å². The van der Waals surface area contributed by atoms with E-state index >= 15 is 0 Å². The van der Waals surface area contributed by atoms with Crippen molar-refractivity contribution in [2.75, 3.05) is 0 Å². The fourth-order valence-electron chi connectivity index (χ4n) is 2.80. The second-order valence-electron chi connectivity index (χ2n) is 6.32. The zero-order chi connectivity index (χ0) is 19.5. The highest BCUT2D eigenvalue weighted by Gasteiger charge is 2.13. The summed E-state index contributed by atoms with van der Waals surface area (Å²) in [4.78, 5) is 0. The number of hydrogen-bond donors (Lipinski definition) is 0. The Hall–Kier alpha value is -3.44. The van der Waals surface area contributed by atoms with E-state index in [0.29, 0.717) is 5.56 Å². The average molecular weight is 387 g/mol. The molecule has 0 saturated carbocycles. The quantitative estimate of drug-likeness (QED) is 0.484. The van der Waals surface area contributed by atoms with Crippen LogP contribution in [0, 0.1) is 11.3 Å². The molecule has 138 valence electrons. The van der Waals surface area contributed by atoms with Crippen LogP contribution < -0.4 is 0 Å². The van der Waals surface area contributed by atoms with Gasteiger partial charge in [0.1, 0.15) is 12.0 Å². The number of aromatic nitrogens is 6. The second-order valence-corrected chi connectivity index (χ2v) is 7.63. The normalized spacial score (nSPS) is 11.9. The minimum absolute atomic E-state index is 0.207. The van der Waals surface area contributed by atoms with E-state index < -0.39 is 0 Å². The van der Waals surface area contributed by atoms with Crippen LogP contribution in [-0.4, -0.2) is 29.8 Å². The van der Waals surface area contributed by atoms with E-state index in [2.05, 4.69) is 45.6 Å². The molecular formula is C20H17N7S. The van der Waals surface area contributed by atoms with E-state index in [-0.39, 0.29) is 5.25 Å². The van der Waals surface area contributed by atoms with Crippen LogP contribution in [0.3, 0.4) is 0 Å². The predicted octanol–water partition coefficient (Wildman–Crippen LogP) is 3.79. The van der Waals surface area contributed by atoms with E-state index in [1.807, 2.05) is 48.1 Å². The highest BCUT2D eigenvalue weighted by Crippen LogP contribution is 2.33. The molecule has 7 nitrogen and oxygen atoms in total. The molecule has 0 N–H and O–H groups in total. The summed E-state index contributed by atoms with van der Waals surface area (Å²) in [5.41, 5.74) is 4.28. The maximum Gasteiger partial charge on any atom is 0.191 e. The van der Waals surface area contributed by atoms with E-state index in [9.17, 15) is 0 Å². The first-order valence-electron chi connectivity index (χ1n) is 8.68. The molecule has 0 aliphatic heterocycles. The molecule has 0 fully saturated rings. The van der Waals surface area contributed by atoms with Gasteiger partial charge in [-0.05, 0) is 36.8 Å². The maximum atomic E-state index is 9.08. The van der Waals surface area contributed by atoms with Crippen molar-refractivity contribution in [1.29, 1.82) is 5.26 Å². The summed E-state index contributed by atoms with van der Waals surface area (Å²) in [5.74, 6) is 0. The molecule has 1 unspecified atom stereocenters. The predicted molar refractivity (Wildman–Crippen MR) is 107 cm³/mol. The van der Waals surface area contributed by atoms with Gasteiger partial charge in [-0.25, -0.2) is 4.68 Å². The Morgan fingerprint density at radius 2 is 1.96 bits per heavy atom. The number of rotatable bonds is 5. The fraction of sp³-hybridized carbons (Fsp3) is 0.150. The summed E-state index contributed by atoms with van der Waals surface area (Å²) < 4.78 is 3.65. The zero-order valence-corrected chi connectivity index (χ0v) is 16.2. The lowest BCUT2D eigenvalue weighted by molar-refractivity contribution is 0.784. The number of nitriles is 1. The van der Waals surface area contributed by atoms with Gasteiger partial charge >= 0.3 is 0 Å². The summed E-state index contributed by atoms with van der Waals surface area (Å²) in [6.45, 7) is 2.14. The lowest BCUT2D eigenvalue weighted by atomic mass is 10.1. The van der Waals surface area contributed by atoms with Gasteiger partial charge in [0, 0.05) is 17.9 Å². The van der Waals surface area contributed by atoms with Gasteiger partial charge in [-0.1, -0.05) is 41.2 Å². The molecular weight excluding hydrogens is 370 g/mol. The molecule has 0 aliphatic carbocycles. The van der Waals surface area contributed by atoms with Gasteiger partial charge in [0.2, 0.25) is 0 Å². The van der Waals surface area contributed by atoms with E-state index in [4.69, 9.17) is 5.26 Å². The monoisotopic (exact) mass is 387 g/mol. The first kappa shape index (κ1) is 17.9. The van der Waals surface area contributed by atoms with Gasteiger partial charge in [0.25, 0.3) is 0 Å². The van der Waals surface area contributed by atoms with Gasteiger partial charge in [0.15, 0.2) is 5.16 Å². The van der Waals surface area contributed by atoms with Crippen molar-refractivity contribution in [2.24, 2.45) is 7.05 Å². The van der Waals surface area contributed by atoms with E-state index in [0.717, 1.165) is 27.7 Å². The topological polar surface area (TPSA) is 85.2 Å². The molecule has 2 heterocycles. The Labute approximate surface area is 166 Å². The summed E-state index contributed by atoms with van der Waals surface area (Å²) in [7, 11) is 1.93. The minimum Gasteiger partial charge on any atom is -0.312 e. The van der Waals surface area contributed by atoms with Gasteiger partial charge in [-0.15, -0.1) is 15.3 Å². The van der Waals surface area contributed by atoms with Crippen molar-refractivity contribution in [3.8, 4) is 23.0 Å². The minimum atomic E-state index is 0.207. The molecule has 8 heteroatoms. The molecule has 4 aromatic rings. The molecule has 0 radical (unpaired) electrons. The summed E-state index contributed by atoms with van der Waals surface area (Å²) in [6, 6.07) is 17.7. The van der Waals surface area contributed by atoms with Gasteiger partial charge in [0.05, 0.1) is 23.5 Å². The van der Waals surface area contributed by atoms with E-state index in [1.165, 1.54) is 0 Å². The van der Waals surface area contributed by atoms with Gasteiger partial charge < -0.3 is 4.57 Å². The molecule has 1 atom stereocenters. The molecule has 0 aliphatic rings. The lowest BCUT2D eigenvalue weighted by Gasteiger charge is -2.12. The number of nitrogens with zero attached hydrogens (tertiary/aromatic N) is 7. The number of aryl methyl sites for hydroxylation is 1. The molecule has 0 spiro atoms. The van der Waals surface area contributed by atoms with Crippen LogP contribution in [0.4, 0.5) is 0 Å². The zero-order valence-electron chi connectivity index (χ0n) is 15.4. The number of hydrogen-bond acceptors (Lipinski definition) is 6. The first-order chi connectivity index (χ1) is 13.6. The Balaban J connectivity index is 1.59. The van der Waals surface area contributed by atoms with Crippen molar-refractivity contribution < 1.29 is 0 Å². The fourth-order valence-corrected chi connectivity index (χ4v) is 3.70. The molecule has 0 saturated heterocycles. The van der Waals surface area contributed by atoms with Gasteiger partial charge in [-0.3, -0.25) is 0 Å². The third kappa shape index (κ3) is 3.66. The summed E-state index contributed by atoms with van der Waals surface area (Å²) in [5, 5.41) is 26.7. The average Bonchev–Trinajstić information content (AvgIpc) is 3.38. The van der Waals surface area contributed by atoms with Crippen molar-refractivity contribution in [1.82, 2.24) is 29.8 Å². The third-order valence-corrected chi connectivity index (χ3v) is 5.54. The molecule has 28 heavy (non-hydrogen) atoms. The van der Waals surface area contributed by atoms with Crippen LogP contribution in [0.15, 0.2) is 66.2 Å². The molecule has 0 amide bonds. The number of benzene rings is 2. The van der Waals surface area contributed by atoms with Crippen molar-refractivity contribution >= 4 is 11.8 Å². The number of thioether (sulfide) groups is 1. The van der Waals surface area contributed by atoms with E-state index in [1.54, 1.807) is 28.8 Å². The van der Waals surface area contributed by atoms with Crippen LogP contribution in [-0.2, 0) is 7.05 Å². The van der Waals surface area contributed by atoms with Gasteiger partial charge in [-0.2, -0.15) is 5.26 Å². The lowest BCUT2D eigenvalue weighted by Crippen LogP contribution is -1.98. The second kappa shape index (κ2) is 7.66. The van der Waals surface area contributed by atoms with Crippen LogP contribution >= 0.6 is 11.8 Å². The van der Waals surface area contributed by atoms with Crippen LogP contribution in [0.5, 0.6) is 0 Å². The Kier molecular flexibility index (Phi) is 4.91. The summed E-state index contributed by atoms with van der Waals surface area (Å²) in [6.07, 6.45) is 3.57. The molecule has 4 rings (SSSR count). The Morgan fingerprint density at radius 3 is 2.75 bits per heavy atom. The smallest absolute Gasteiger partial charge is 0.191 e. The third-order valence-electron chi connectivity index (χ3n) is 4.34. The van der Waals surface area contributed by atoms with Crippen LogP contribution in [0.2, 0.25) is 0 Å². The molecule has 0 bridgehead atoms. The molecule has 2 aromatic heterocycles. The Bertz CT molecular complexity index is 1160.